The van der Waals surface area contributed by atoms with Crippen LogP contribution >= 0.6 is 0 Å². The molecule has 2 nitrogen and oxygen atoms in total. The molecular formula is C19H27NO. The smallest absolute Gasteiger partial charge is 0.108 e. The minimum atomic E-state index is 0.333. The normalized spacial score (nSPS) is 12.6. The quantitative estimate of drug-likeness (QED) is 0.794. The van der Waals surface area contributed by atoms with Crippen molar-refractivity contribution < 1.29 is 4.42 Å². The molecule has 0 saturated heterocycles. The van der Waals surface area contributed by atoms with E-state index in [9.17, 15) is 0 Å². The summed E-state index contributed by atoms with van der Waals surface area (Å²) in [6.07, 6.45) is 4.92. The number of rotatable bonds is 7. The average molecular weight is 285 g/mol. The van der Waals surface area contributed by atoms with Crippen LogP contribution in [0.3, 0.4) is 0 Å². The Bertz CT molecular complexity index is 571. The van der Waals surface area contributed by atoms with Crippen molar-refractivity contribution in [1.29, 1.82) is 0 Å². The highest BCUT2D eigenvalue weighted by molar-refractivity contribution is 5.33. The van der Waals surface area contributed by atoms with Gasteiger partial charge in [0, 0.05) is 18.0 Å². The highest BCUT2D eigenvalue weighted by Crippen LogP contribution is 2.25. The maximum atomic E-state index is 5.63. The molecular weight excluding hydrogens is 258 g/mol. The molecule has 0 aliphatic heterocycles. The van der Waals surface area contributed by atoms with Crippen LogP contribution in [0.15, 0.2) is 34.9 Å². The van der Waals surface area contributed by atoms with Crippen LogP contribution in [0.25, 0.3) is 0 Å². The van der Waals surface area contributed by atoms with E-state index in [1.54, 1.807) is 0 Å². The number of aryl methyl sites for hydroxylation is 3. The first-order valence-corrected chi connectivity index (χ1v) is 8.01. The second kappa shape index (κ2) is 7.46. The SMILES string of the molecule is CCCNC(Cc1cc(C)ccc1C)c1ccoc1CC. The lowest BCUT2D eigenvalue weighted by Gasteiger charge is -2.20. The van der Waals surface area contributed by atoms with Gasteiger partial charge in [-0.15, -0.1) is 0 Å². The third-order valence-electron chi connectivity index (χ3n) is 4.05. The fourth-order valence-corrected chi connectivity index (χ4v) is 2.80. The van der Waals surface area contributed by atoms with Crippen LogP contribution in [0.1, 0.15) is 54.3 Å². The Morgan fingerprint density at radius 1 is 1.14 bits per heavy atom. The van der Waals surface area contributed by atoms with Crippen LogP contribution in [0.5, 0.6) is 0 Å². The van der Waals surface area contributed by atoms with Gasteiger partial charge in [0.25, 0.3) is 0 Å². The fraction of sp³-hybridized carbons (Fsp3) is 0.474. The topological polar surface area (TPSA) is 25.2 Å². The van der Waals surface area contributed by atoms with Crippen molar-refractivity contribution in [3.63, 3.8) is 0 Å². The van der Waals surface area contributed by atoms with Crippen molar-refractivity contribution in [3.05, 3.63) is 58.5 Å². The van der Waals surface area contributed by atoms with E-state index in [4.69, 9.17) is 4.42 Å². The fourth-order valence-electron chi connectivity index (χ4n) is 2.80. The van der Waals surface area contributed by atoms with E-state index < -0.39 is 0 Å². The standard InChI is InChI=1S/C19H27NO/c1-5-10-20-18(17-9-11-21-19(17)6-2)13-16-12-14(3)7-8-15(16)4/h7-9,11-12,18,20H,5-6,10,13H2,1-4H3. The summed E-state index contributed by atoms with van der Waals surface area (Å²) in [6, 6.07) is 9.17. The van der Waals surface area contributed by atoms with Crippen LogP contribution in [0.2, 0.25) is 0 Å². The zero-order valence-corrected chi connectivity index (χ0v) is 13.7. The maximum Gasteiger partial charge on any atom is 0.108 e. The van der Waals surface area contributed by atoms with Gasteiger partial charge in [0.1, 0.15) is 5.76 Å². The largest absolute Gasteiger partial charge is 0.469 e. The van der Waals surface area contributed by atoms with Crippen LogP contribution in [0.4, 0.5) is 0 Å². The van der Waals surface area contributed by atoms with E-state index in [-0.39, 0.29) is 0 Å². The van der Waals surface area contributed by atoms with Crippen LogP contribution in [0, 0.1) is 13.8 Å². The van der Waals surface area contributed by atoms with E-state index in [0.29, 0.717) is 6.04 Å². The summed E-state index contributed by atoms with van der Waals surface area (Å²) in [7, 11) is 0. The molecule has 2 aromatic rings. The Kier molecular flexibility index (Phi) is 5.63. The Morgan fingerprint density at radius 3 is 2.67 bits per heavy atom. The van der Waals surface area contributed by atoms with E-state index in [2.05, 4.69) is 57.3 Å². The Hall–Kier alpha value is -1.54. The molecule has 1 aromatic heterocycles. The molecule has 0 spiro atoms. The van der Waals surface area contributed by atoms with Gasteiger partial charge in [-0.1, -0.05) is 37.6 Å². The van der Waals surface area contributed by atoms with Gasteiger partial charge < -0.3 is 9.73 Å². The van der Waals surface area contributed by atoms with E-state index in [1.807, 2.05) is 6.26 Å². The number of hydrogen-bond donors (Lipinski definition) is 1. The molecule has 21 heavy (non-hydrogen) atoms. The molecule has 0 bridgehead atoms. The number of furan rings is 1. The molecule has 0 radical (unpaired) electrons. The third kappa shape index (κ3) is 3.98. The first kappa shape index (κ1) is 15.8. The molecule has 0 saturated carbocycles. The minimum Gasteiger partial charge on any atom is -0.469 e. The molecule has 2 heteroatoms. The molecule has 0 fully saturated rings. The van der Waals surface area contributed by atoms with E-state index in [0.717, 1.165) is 31.6 Å². The van der Waals surface area contributed by atoms with Crippen molar-refractivity contribution in [2.45, 2.75) is 53.0 Å². The summed E-state index contributed by atoms with van der Waals surface area (Å²) in [4.78, 5) is 0. The summed E-state index contributed by atoms with van der Waals surface area (Å²) in [5.74, 6) is 1.11. The summed E-state index contributed by atoms with van der Waals surface area (Å²) < 4.78 is 5.63. The zero-order chi connectivity index (χ0) is 15.2. The summed E-state index contributed by atoms with van der Waals surface area (Å²) in [5, 5.41) is 3.68. The number of benzene rings is 1. The van der Waals surface area contributed by atoms with Crippen molar-refractivity contribution in [2.24, 2.45) is 0 Å². The lowest BCUT2D eigenvalue weighted by Crippen LogP contribution is -2.24. The van der Waals surface area contributed by atoms with Gasteiger partial charge in [-0.25, -0.2) is 0 Å². The molecule has 0 aliphatic carbocycles. The van der Waals surface area contributed by atoms with Gasteiger partial charge >= 0.3 is 0 Å². The van der Waals surface area contributed by atoms with Crippen LogP contribution in [-0.2, 0) is 12.8 Å². The molecule has 2 rings (SSSR count). The molecule has 0 aliphatic rings. The molecule has 114 valence electrons. The van der Waals surface area contributed by atoms with Gasteiger partial charge in [0.15, 0.2) is 0 Å². The highest BCUT2D eigenvalue weighted by atomic mass is 16.3. The number of hydrogen-bond acceptors (Lipinski definition) is 2. The Balaban J connectivity index is 2.26. The second-order valence-corrected chi connectivity index (χ2v) is 5.79. The molecule has 1 aromatic carbocycles. The van der Waals surface area contributed by atoms with Crippen molar-refractivity contribution >= 4 is 0 Å². The van der Waals surface area contributed by atoms with Gasteiger partial charge in [-0.3, -0.25) is 0 Å². The van der Waals surface area contributed by atoms with Crippen LogP contribution < -0.4 is 5.32 Å². The Labute approximate surface area is 128 Å². The minimum absolute atomic E-state index is 0.333. The highest BCUT2D eigenvalue weighted by Gasteiger charge is 2.18. The third-order valence-corrected chi connectivity index (χ3v) is 4.05. The average Bonchev–Trinajstić information content (AvgIpc) is 2.95. The molecule has 1 atom stereocenters. The maximum absolute atomic E-state index is 5.63. The van der Waals surface area contributed by atoms with Gasteiger partial charge in [-0.2, -0.15) is 0 Å². The van der Waals surface area contributed by atoms with E-state index in [1.165, 1.54) is 22.3 Å². The van der Waals surface area contributed by atoms with Gasteiger partial charge in [0.05, 0.1) is 6.26 Å². The molecule has 1 unspecified atom stereocenters. The summed E-state index contributed by atoms with van der Waals surface area (Å²) >= 11 is 0. The first-order valence-electron chi connectivity index (χ1n) is 8.01. The molecule has 0 amide bonds. The summed E-state index contributed by atoms with van der Waals surface area (Å²) in [5.41, 5.74) is 5.43. The van der Waals surface area contributed by atoms with Crippen LogP contribution in [-0.4, -0.2) is 6.54 Å². The number of nitrogens with one attached hydrogen (secondary N) is 1. The van der Waals surface area contributed by atoms with Crippen molar-refractivity contribution in [2.75, 3.05) is 6.54 Å². The molecule has 1 N–H and O–H groups in total. The lowest BCUT2D eigenvalue weighted by atomic mass is 9.94. The summed E-state index contributed by atoms with van der Waals surface area (Å²) in [6.45, 7) is 9.74. The lowest BCUT2D eigenvalue weighted by molar-refractivity contribution is 0.481. The predicted octanol–water partition coefficient (Wildman–Crippen LogP) is 4.74. The zero-order valence-electron chi connectivity index (χ0n) is 13.7. The van der Waals surface area contributed by atoms with Crippen molar-refractivity contribution in [1.82, 2.24) is 5.32 Å². The Morgan fingerprint density at radius 2 is 1.95 bits per heavy atom. The predicted molar refractivity (Wildman–Crippen MR) is 88.7 cm³/mol. The van der Waals surface area contributed by atoms with Gasteiger partial charge in [0.2, 0.25) is 0 Å². The molecule has 1 heterocycles. The van der Waals surface area contributed by atoms with Gasteiger partial charge in [-0.05, 0) is 50.4 Å². The van der Waals surface area contributed by atoms with E-state index >= 15 is 0 Å². The monoisotopic (exact) mass is 285 g/mol. The first-order chi connectivity index (χ1) is 10.2. The van der Waals surface area contributed by atoms with Crippen molar-refractivity contribution in [3.8, 4) is 0 Å². The second-order valence-electron chi connectivity index (χ2n) is 5.79.